The zero-order chi connectivity index (χ0) is 15.9. The lowest BCUT2D eigenvalue weighted by molar-refractivity contribution is -0.118. The van der Waals surface area contributed by atoms with Crippen LogP contribution in [-0.2, 0) is 17.8 Å². The average Bonchev–Trinajstić information content (AvgIpc) is 2.82. The highest BCUT2D eigenvalue weighted by molar-refractivity contribution is 7.16. The van der Waals surface area contributed by atoms with Gasteiger partial charge in [0.1, 0.15) is 0 Å². The van der Waals surface area contributed by atoms with Gasteiger partial charge in [0, 0.05) is 13.0 Å². The number of nitrogens with zero attached hydrogens (tertiary/aromatic N) is 2. The van der Waals surface area contributed by atoms with Crippen molar-refractivity contribution in [1.82, 2.24) is 4.57 Å². The van der Waals surface area contributed by atoms with Crippen molar-refractivity contribution in [2.45, 2.75) is 52.5 Å². The number of unbranched alkanes of at least 4 members (excludes halogenated alkanes) is 1. The molecule has 1 aromatic heterocycles. The van der Waals surface area contributed by atoms with Crippen molar-refractivity contribution in [2.75, 3.05) is 0 Å². The van der Waals surface area contributed by atoms with Crippen molar-refractivity contribution in [2.24, 2.45) is 4.99 Å². The van der Waals surface area contributed by atoms with E-state index in [4.69, 9.17) is 0 Å². The second kappa shape index (κ2) is 8.08. The van der Waals surface area contributed by atoms with Crippen LogP contribution < -0.4 is 4.80 Å². The Hall–Kier alpha value is -1.68. The van der Waals surface area contributed by atoms with Crippen LogP contribution in [-0.4, -0.2) is 10.5 Å². The molecule has 0 aliphatic rings. The summed E-state index contributed by atoms with van der Waals surface area (Å²) in [6, 6.07) is 6.56. The zero-order valence-electron chi connectivity index (χ0n) is 13.5. The highest BCUT2D eigenvalue weighted by Gasteiger charge is 2.07. The van der Waals surface area contributed by atoms with Gasteiger partial charge >= 0.3 is 0 Å². The van der Waals surface area contributed by atoms with E-state index in [2.05, 4.69) is 41.3 Å². The fraction of sp³-hybridized carbons (Fsp3) is 0.444. The van der Waals surface area contributed by atoms with Gasteiger partial charge in [-0.3, -0.25) is 4.79 Å². The van der Waals surface area contributed by atoms with Crippen molar-refractivity contribution in [3.8, 4) is 0 Å². The second-order valence-corrected chi connectivity index (χ2v) is 6.45. The summed E-state index contributed by atoms with van der Waals surface area (Å²) in [5.41, 5.74) is 2.49. The SMILES string of the molecule is C=CCn1c(=NC(=O)CCC)sc2cc(CCCC)ccc21. The molecule has 0 fully saturated rings. The minimum absolute atomic E-state index is 0.0434. The molecule has 1 aromatic carbocycles. The molecule has 0 N–H and O–H groups in total. The van der Waals surface area contributed by atoms with E-state index in [0.717, 1.165) is 23.2 Å². The van der Waals surface area contributed by atoms with Gasteiger partial charge in [-0.2, -0.15) is 4.99 Å². The number of aryl methyl sites for hydroxylation is 1. The number of rotatable bonds is 7. The summed E-state index contributed by atoms with van der Waals surface area (Å²) < 4.78 is 3.27. The van der Waals surface area contributed by atoms with E-state index >= 15 is 0 Å². The molecule has 0 saturated heterocycles. The Labute approximate surface area is 136 Å². The van der Waals surface area contributed by atoms with Crippen molar-refractivity contribution in [3.05, 3.63) is 41.2 Å². The van der Waals surface area contributed by atoms with Gasteiger partial charge in [-0.1, -0.05) is 43.7 Å². The van der Waals surface area contributed by atoms with E-state index in [1.807, 2.05) is 13.0 Å². The summed E-state index contributed by atoms with van der Waals surface area (Å²) in [5.74, 6) is -0.0434. The van der Waals surface area contributed by atoms with Crippen LogP contribution in [0.4, 0.5) is 0 Å². The van der Waals surface area contributed by atoms with Gasteiger partial charge in [-0.15, -0.1) is 6.58 Å². The Bertz CT molecular complexity index is 724. The standard InChI is InChI=1S/C18H24N2OS/c1-4-7-9-14-10-11-15-16(13-14)22-18(20(15)12-6-3)19-17(21)8-5-2/h6,10-11,13H,3-5,7-9,12H2,1-2H3. The molecular formula is C18H24N2OS. The lowest BCUT2D eigenvalue weighted by Crippen LogP contribution is -2.16. The average molecular weight is 316 g/mol. The summed E-state index contributed by atoms with van der Waals surface area (Å²) in [4.78, 5) is 16.9. The van der Waals surface area contributed by atoms with Crippen LogP contribution in [0.2, 0.25) is 0 Å². The Morgan fingerprint density at radius 2 is 2.18 bits per heavy atom. The number of hydrogen-bond donors (Lipinski definition) is 0. The third-order valence-electron chi connectivity index (χ3n) is 3.56. The maximum Gasteiger partial charge on any atom is 0.248 e. The Balaban J connectivity index is 2.48. The maximum absolute atomic E-state index is 11.9. The topological polar surface area (TPSA) is 34.4 Å². The van der Waals surface area contributed by atoms with E-state index in [1.54, 1.807) is 11.3 Å². The van der Waals surface area contributed by atoms with Crippen molar-refractivity contribution in [1.29, 1.82) is 0 Å². The molecular weight excluding hydrogens is 292 g/mol. The van der Waals surface area contributed by atoms with Crippen LogP contribution in [0, 0.1) is 0 Å². The molecule has 0 radical (unpaired) electrons. The molecule has 2 aromatic rings. The van der Waals surface area contributed by atoms with Gasteiger partial charge in [0.2, 0.25) is 5.91 Å². The number of fused-ring (bicyclic) bond motifs is 1. The Morgan fingerprint density at radius 3 is 2.86 bits per heavy atom. The normalized spacial score (nSPS) is 12.0. The summed E-state index contributed by atoms with van der Waals surface area (Å²) >= 11 is 1.59. The molecule has 0 aliphatic heterocycles. The van der Waals surface area contributed by atoms with Gasteiger partial charge in [-0.25, -0.2) is 0 Å². The van der Waals surface area contributed by atoms with Crippen LogP contribution in [0.15, 0.2) is 35.8 Å². The largest absolute Gasteiger partial charge is 0.313 e. The fourth-order valence-electron chi connectivity index (χ4n) is 2.42. The van der Waals surface area contributed by atoms with E-state index in [9.17, 15) is 4.79 Å². The number of amides is 1. The predicted octanol–water partition coefficient (Wildman–Crippen LogP) is 4.46. The summed E-state index contributed by atoms with van der Waals surface area (Å²) in [5, 5.41) is 0. The van der Waals surface area contributed by atoms with Crippen LogP contribution >= 0.6 is 11.3 Å². The molecule has 0 bridgehead atoms. The fourth-order valence-corrected chi connectivity index (χ4v) is 3.54. The quantitative estimate of drug-likeness (QED) is 0.694. The number of benzene rings is 1. The van der Waals surface area contributed by atoms with Gasteiger partial charge in [-0.05, 0) is 37.0 Å². The van der Waals surface area contributed by atoms with Crippen LogP contribution in [0.1, 0.15) is 45.1 Å². The maximum atomic E-state index is 11.9. The lowest BCUT2D eigenvalue weighted by Gasteiger charge is -2.03. The number of carbonyl (C=O) groups is 1. The van der Waals surface area contributed by atoms with Gasteiger partial charge in [0.15, 0.2) is 4.80 Å². The number of carbonyl (C=O) groups excluding carboxylic acids is 1. The monoisotopic (exact) mass is 316 g/mol. The molecule has 1 amide bonds. The van der Waals surface area contributed by atoms with E-state index in [-0.39, 0.29) is 5.91 Å². The number of aromatic nitrogens is 1. The van der Waals surface area contributed by atoms with Crippen molar-refractivity contribution < 1.29 is 4.79 Å². The molecule has 0 atom stereocenters. The van der Waals surface area contributed by atoms with Crippen molar-refractivity contribution in [3.63, 3.8) is 0 Å². The molecule has 2 rings (SSSR count). The number of allylic oxidation sites excluding steroid dienone is 1. The second-order valence-electron chi connectivity index (χ2n) is 5.45. The Kier molecular flexibility index (Phi) is 6.13. The van der Waals surface area contributed by atoms with Crippen LogP contribution in [0.3, 0.4) is 0 Å². The molecule has 1 heterocycles. The minimum Gasteiger partial charge on any atom is -0.313 e. The van der Waals surface area contributed by atoms with E-state index in [1.165, 1.54) is 23.1 Å². The van der Waals surface area contributed by atoms with E-state index < -0.39 is 0 Å². The summed E-state index contributed by atoms with van der Waals surface area (Å²) in [7, 11) is 0. The molecule has 22 heavy (non-hydrogen) atoms. The first-order valence-corrected chi connectivity index (χ1v) is 8.82. The molecule has 0 unspecified atom stereocenters. The highest BCUT2D eigenvalue weighted by Crippen LogP contribution is 2.20. The first-order chi connectivity index (χ1) is 10.7. The first kappa shape index (κ1) is 16.7. The molecule has 4 heteroatoms. The summed E-state index contributed by atoms with van der Waals surface area (Å²) in [6.45, 7) is 8.69. The Morgan fingerprint density at radius 1 is 1.36 bits per heavy atom. The molecule has 0 aliphatic carbocycles. The molecule has 0 saturated carbocycles. The molecule has 0 spiro atoms. The van der Waals surface area contributed by atoms with Gasteiger partial charge in [0.05, 0.1) is 10.2 Å². The molecule has 118 valence electrons. The predicted molar refractivity (Wildman–Crippen MR) is 94.1 cm³/mol. The van der Waals surface area contributed by atoms with Gasteiger partial charge < -0.3 is 4.57 Å². The minimum atomic E-state index is -0.0434. The van der Waals surface area contributed by atoms with Gasteiger partial charge in [0.25, 0.3) is 0 Å². The number of hydrogen-bond acceptors (Lipinski definition) is 2. The molecule has 3 nitrogen and oxygen atoms in total. The zero-order valence-corrected chi connectivity index (χ0v) is 14.3. The lowest BCUT2D eigenvalue weighted by atomic mass is 10.1. The van der Waals surface area contributed by atoms with E-state index in [0.29, 0.717) is 13.0 Å². The third kappa shape index (κ3) is 3.95. The van der Waals surface area contributed by atoms with Crippen LogP contribution in [0.25, 0.3) is 10.2 Å². The van der Waals surface area contributed by atoms with Crippen LogP contribution in [0.5, 0.6) is 0 Å². The third-order valence-corrected chi connectivity index (χ3v) is 4.60. The van der Waals surface area contributed by atoms with Crippen molar-refractivity contribution >= 4 is 27.5 Å². The number of thiazole rings is 1. The smallest absolute Gasteiger partial charge is 0.248 e. The first-order valence-electron chi connectivity index (χ1n) is 8.00. The summed E-state index contributed by atoms with van der Waals surface area (Å²) in [6.07, 6.45) is 6.69. The highest BCUT2D eigenvalue weighted by atomic mass is 32.1.